The van der Waals surface area contributed by atoms with Crippen LogP contribution in [0.1, 0.15) is 6.42 Å². The maximum absolute atomic E-state index is 12.9. The van der Waals surface area contributed by atoms with Crippen molar-refractivity contribution in [2.45, 2.75) is 23.5 Å². The fraction of sp³-hybridized carbons (Fsp3) is 0.364. The zero-order valence-electron chi connectivity index (χ0n) is 18.1. The number of fused-ring (bicyclic) bond motifs is 1. The van der Waals surface area contributed by atoms with E-state index in [9.17, 15) is 18.0 Å². The summed E-state index contributed by atoms with van der Waals surface area (Å²) in [7, 11) is 0.0352. The third kappa shape index (κ3) is 5.45. The maximum atomic E-state index is 12.9. The van der Waals surface area contributed by atoms with Gasteiger partial charge in [-0.3, -0.25) is 4.79 Å². The Morgan fingerprint density at radius 2 is 1.91 bits per heavy atom. The number of rotatable bonds is 9. The number of hydrogen-bond acceptors (Lipinski definition) is 7. The number of anilines is 1. The first-order valence-corrected chi connectivity index (χ1v) is 11.7. The lowest BCUT2D eigenvalue weighted by atomic mass is 10.1. The van der Waals surface area contributed by atoms with Crippen molar-refractivity contribution in [2.75, 3.05) is 38.6 Å². The van der Waals surface area contributed by atoms with Gasteiger partial charge < -0.3 is 20.3 Å². The summed E-state index contributed by atoms with van der Waals surface area (Å²) in [6.07, 6.45) is 1.03. The number of esters is 1. The van der Waals surface area contributed by atoms with Gasteiger partial charge in [0.25, 0.3) is 0 Å². The first-order valence-electron chi connectivity index (χ1n) is 10.3. The molecule has 9 nitrogen and oxygen atoms in total. The topological polar surface area (TPSA) is 117 Å². The van der Waals surface area contributed by atoms with Crippen LogP contribution in [-0.2, 0) is 24.3 Å². The van der Waals surface area contributed by atoms with Gasteiger partial charge in [-0.1, -0.05) is 30.8 Å². The van der Waals surface area contributed by atoms with Crippen LogP contribution in [0.15, 0.2) is 53.9 Å². The summed E-state index contributed by atoms with van der Waals surface area (Å²) < 4.78 is 33.5. The standard InChI is InChI=1S/C22H28N4O5S/c1-4-21(27)31-15-13-18(24-14-15)22(28)23-11-12-25-32(29,30)20-10-6-7-16-17(20)8-5-9-19(16)26(2)3/h4-10,15,18,24-25H,1,11-14H2,2-3H3,(H,23,28)/t15?,18-/m0/s1. The van der Waals surface area contributed by atoms with Crippen LogP contribution < -0.4 is 20.3 Å². The monoisotopic (exact) mass is 460 g/mol. The van der Waals surface area contributed by atoms with Crippen molar-refractivity contribution in [2.24, 2.45) is 0 Å². The second kappa shape index (κ2) is 10.1. The van der Waals surface area contributed by atoms with Crippen LogP contribution in [0.2, 0.25) is 0 Å². The minimum Gasteiger partial charge on any atom is -0.458 e. The van der Waals surface area contributed by atoms with Crippen molar-refractivity contribution in [3.8, 4) is 0 Å². The van der Waals surface area contributed by atoms with Crippen molar-refractivity contribution in [1.82, 2.24) is 15.4 Å². The highest BCUT2D eigenvalue weighted by Crippen LogP contribution is 2.30. The van der Waals surface area contributed by atoms with Gasteiger partial charge in [0.15, 0.2) is 0 Å². The minimum absolute atomic E-state index is 0.0411. The lowest BCUT2D eigenvalue weighted by molar-refractivity contribution is -0.142. The summed E-state index contributed by atoms with van der Waals surface area (Å²) in [5.74, 6) is -0.805. The van der Waals surface area contributed by atoms with E-state index in [1.54, 1.807) is 18.2 Å². The molecule has 0 aromatic heterocycles. The van der Waals surface area contributed by atoms with E-state index < -0.39 is 28.1 Å². The number of ether oxygens (including phenoxy) is 1. The molecule has 0 bridgehead atoms. The Morgan fingerprint density at radius 3 is 2.62 bits per heavy atom. The molecule has 0 aliphatic carbocycles. The Labute approximate surface area is 187 Å². The molecule has 3 rings (SSSR count). The van der Waals surface area contributed by atoms with Gasteiger partial charge in [-0.25, -0.2) is 17.9 Å². The zero-order valence-corrected chi connectivity index (χ0v) is 18.9. The Balaban J connectivity index is 1.56. The van der Waals surface area contributed by atoms with Crippen molar-refractivity contribution < 1.29 is 22.7 Å². The van der Waals surface area contributed by atoms with Crippen molar-refractivity contribution >= 4 is 38.4 Å². The van der Waals surface area contributed by atoms with Crippen molar-refractivity contribution in [1.29, 1.82) is 0 Å². The summed E-state index contributed by atoms with van der Waals surface area (Å²) in [5.41, 5.74) is 0.924. The zero-order chi connectivity index (χ0) is 23.3. The fourth-order valence-electron chi connectivity index (χ4n) is 3.67. The van der Waals surface area contributed by atoms with Gasteiger partial charge in [-0.15, -0.1) is 0 Å². The molecule has 1 heterocycles. The van der Waals surface area contributed by atoms with E-state index in [0.717, 1.165) is 17.1 Å². The van der Waals surface area contributed by atoms with E-state index in [0.29, 0.717) is 18.4 Å². The Hall–Kier alpha value is -2.95. The van der Waals surface area contributed by atoms with Gasteiger partial charge in [-0.2, -0.15) is 0 Å². The Kier molecular flexibility index (Phi) is 7.49. The van der Waals surface area contributed by atoms with E-state index in [1.165, 1.54) is 0 Å². The molecule has 1 amide bonds. The van der Waals surface area contributed by atoms with Crippen LogP contribution in [0.4, 0.5) is 5.69 Å². The lowest BCUT2D eigenvalue weighted by Gasteiger charge is -2.17. The van der Waals surface area contributed by atoms with Crippen LogP contribution in [0, 0.1) is 0 Å². The number of nitrogens with zero attached hydrogens (tertiary/aromatic N) is 1. The average molecular weight is 461 g/mol. The van der Waals surface area contributed by atoms with Crippen LogP contribution in [0.3, 0.4) is 0 Å². The van der Waals surface area contributed by atoms with Gasteiger partial charge in [-0.05, 0) is 12.1 Å². The van der Waals surface area contributed by atoms with Crippen LogP contribution in [0.25, 0.3) is 10.8 Å². The van der Waals surface area contributed by atoms with Crippen LogP contribution >= 0.6 is 0 Å². The number of nitrogens with one attached hydrogen (secondary N) is 3. The van der Waals surface area contributed by atoms with Crippen LogP contribution in [-0.4, -0.2) is 66.2 Å². The Bertz CT molecular complexity index is 1120. The molecule has 32 heavy (non-hydrogen) atoms. The number of hydrogen-bond donors (Lipinski definition) is 3. The highest BCUT2D eigenvalue weighted by atomic mass is 32.2. The number of benzene rings is 2. The number of carbonyl (C=O) groups is 2. The molecule has 172 valence electrons. The molecule has 1 aliphatic rings. The third-order valence-corrected chi connectivity index (χ3v) is 6.72. The quantitative estimate of drug-likeness (QED) is 0.287. The summed E-state index contributed by atoms with van der Waals surface area (Å²) >= 11 is 0. The molecule has 10 heteroatoms. The molecule has 2 aromatic carbocycles. The molecule has 2 aromatic rings. The predicted molar refractivity (Wildman–Crippen MR) is 123 cm³/mol. The van der Waals surface area contributed by atoms with Gasteiger partial charge >= 0.3 is 5.97 Å². The molecule has 1 aliphatic heterocycles. The number of amides is 1. The number of sulfonamides is 1. The summed E-state index contributed by atoms with van der Waals surface area (Å²) in [6, 6.07) is 10.2. The second-order valence-corrected chi connectivity index (χ2v) is 9.41. The number of carbonyl (C=O) groups excluding carboxylic acids is 2. The van der Waals surface area contributed by atoms with Gasteiger partial charge in [0.2, 0.25) is 15.9 Å². The average Bonchev–Trinajstić information content (AvgIpc) is 3.24. The molecule has 3 N–H and O–H groups in total. The predicted octanol–water partition coefficient (Wildman–Crippen LogP) is 0.760. The Morgan fingerprint density at radius 1 is 1.19 bits per heavy atom. The lowest BCUT2D eigenvalue weighted by Crippen LogP contribution is -2.43. The highest BCUT2D eigenvalue weighted by Gasteiger charge is 2.31. The van der Waals surface area contributed by atoms with E-state index >= 15 is 0 Å². The van der Waals surface area contributed by atoms with Crippen molar-refractivity contribution in [3.05, 3.63) is 49.1 Å². The third-order valence-electron chi connectivity index (χ3n) is 5.20. The van der Waals surface area contributed by atoms with Gasteiger partial charge in [0.1, 0.15) is 6.10 Å². The summed E-state index contributed by atoms with van der Waals surface area (Å²) in [4.78, 5) is 25.7. The molecular formula is C22H28N4O5S. The molecular weight excluding hydrogens is 432 g/mol. The molecule has 0 spiro atoms. The minimum atomic E-state index is -3.77. The molecule has 2 atom stereocenters. The molecule has 1 fully saturated rings. The summed E-state index contributed by atoms with van der Waals surface area (Å²) in [5, 5.41) is 7.16. The van der Waals surface area contributed by atoms with Gasteiger partial charge in [0, 0.05) is 62.7 Å². The SMILES string of the molecule is C=CC(=O)OC1CN[C@H](C(=O)NCCNS(=O)(=O)c2cccc3c(N(C)C)cccc23)C1. The molecule has 1 unspecified atom stereocenters. The first kappa shape index (κ1) is 23.7. The van der Waals surface area contributed by atoms with Crippen molar-refractivity contribution in [3.63, 3.8) is 0 Å². The van der Waals surface area contributed by atoms with E-state index in [4.69, 9.17) is 4.74 Å². The van der Waals surface area contributed by atoms with E-state index in [-0.39, 0.29) is 23.9 Å². The van der Waals surface area contributed by atoms with E-state index in [2.05, 4.69) is 21.9 Å². The summed E-state index contributed by atoms with van der Waals surface area (Å²) in [6.45, 7) is 3.89. The highest BCUT2D eigenvalue weighted by molar-refractivity contribution is 7.89. The molecule has 1 saturated heterocycles. The fourth-order valence-corrected chi connectivity index (χ4v) is 4.92. The smallest absolute Gasteiger partial charge is 0.330 e. The van der Waals surface area contributed by atoms with E-state index in [1.807, 2.05) is 37.2 Å². The first-order chi connectivity index (χ1) is 15.2. The van der Waals surface area contributed by atoms with Gasteiger partial charge in [0.05, 0.1) is 10.9 Å². The maximum Gasteiger partial charge on any atom is 0.330 e. The van der Waals surface area contributed by atoms with Crippen LogP contribution in [0.5, 0.6) is 0 Å². The normalized spacial score (nSPS) is 18.3. The molecule has 0 saturated carbocycles. The second-order valence-electron chi connectivity index (χ2n) is 7.67. The molecule has 0 radical (unpaired) electrons. The largest absolute Gasteiger partial charge is 0.458 e.